The van der Waals surface area contributed by atoms with Crippen molar-refractivity contribution in [3.63, 3.8) is 0 Å². The molecule has 0 heterocycles. The highest BCUT2D eigenvalue weighted by molar-refractivity contribution is 5.85. The van der Waals surface area contributed by atoms with Gasteiger partial charge in [0, 0.05) is 17.3 Å². The smallest absolute Gasteiger partial charge is 0.138 e. The van der Waals surface area contributed by atoms with Gasteiger partial charge in [-0.2, -0.15) is 0 Å². The van der Waals surface area contributed by atoms with Gasteiger partial charge in [0.1, 0.15) is 12.1 Å². The summed E-state index contributed by atoms with van der Waals surface area (Å²) in [5.74, 6) is 2.46. The highest BCUT2D eigenvalue weighted by Crippen LogP contribution is 2.73. The lowest BCUT2D eigenvalue weighted by molar-refractivity contribution is -0.146. The van der Waals surface area contributed by atoms with E-state index in [0.717, 1.165) is 25.5 Å². The zero-order valence-corrected chi connectivity index (χ0v) is 22.5. The van der Waals surface area contributed by atoms with Crippen molar-refractivity contribution >= 4 is 12.1 Å². The molecule has 4 aliphatic carbocycles. The van der Waals surface area contributed by atoms with E-state index in [1.165, 1.54) is 25.7 Å². The minimum Gasteiger partial charge on any atom is -0.392 e. The summed E-state index contributed by atoms with van der Waals surface area (Å²) in [7, 11) is 0. The van der Waals surface area contributed by atoms with Crippen LogP contribution in [0.4, 0.5) is 0 Å². The quantitative estimate of drug-likeness (QED) is 0.367. The SMILES string of the molecule is C[C@@H](C[C@@H](O)C(C)(C)C=O)[C@@H]1CC[C@]2(C)C3=CC[C@H]4C(C)(C)C(=O)CC[C@]4(C)[C@H]3CC[C@@]12C. The number of rotatable bonds is 5. The second kappa shape index (κ2) is 7.77. The third kappa shape index (κ3) is 3.38. The van der Waals surface area contributed by atoms with Gasteiger partial charge in [-0.25, -0.2) is 0 Å². The molecule has 0 spiro atoms. The summed E-state index contributed by atoms with van der Waals surface area (Å²) < 4.78 is 0. The van der Waals surface area contributed by atoms with E-state index in [4.69, 9.17) is 0 Å². The van der Waals surface area contributed by atoms with E-state index >= 15 is 0 Å². The largest absolute Gasteiger partial charge is 0.392 e. The molecule has 0 aromatic carbocycles. The van der Waals surface area contributed by atoms with Crippen molar-refractivity contribution in [3.05, 3.63) is 11.6 Å². The van der Waals surface area contributed by atoms with Crippen LogP contribution in [0.3, 0.4) is 0 Å². The Morgan fingerprint density at radius 2 is 1.79 bits per heavy atom. The van der Waals surface area contributed by atoms with Crippen LogP contribution in [0.1, 0.15) is 107 Å². The molecule has 3 saturated carbocycles. The normalized spacial score (nSPS) is 44.2. The first-order chi connectivity index (χ1) is 15.1. The molecule has 0 bridgehead atoms. The molecule has 4 aliphatic rings. The van der Waals surface area contributed by atoms with E-state index in [9.17, 15) is 14.7 Å². The highest BCUT2D eigenvalue weighted by Gasteiger charge is 2.65. The number of aliphatic hydroxyl groups excluding tert-OH is 1. The van der Waals surface area contributed by atoms with Crippen molar-refractivity contribution in [2.24, 2.45) is 50.7 Å². The average molecular weight is 457 g/mol. The third-order valence-electron chi connectivity index (χ3n) is 12.1. The van der Waals surface area contributed by atoms with Crippen molar-refractivity contribution in [2.45, 2.75) is 113 Å². The van der Waals surface area contributed by atoms with Crippen LogP contribution >= 0.6 is 0 Å². The van der Waals surface area contributed by atoms with Crippen LogP contribution in [0.25, 0.3) is 0 Å². The first-order valence-electron chi connectivity index (χ1n) is 13.5. The minimum atomic E-state index is -0.685. The number of allylic oxidation sites excluding steroid dienone is 2. The molecule has 0 radical (unpaired) electrons. The van der Waals surface area contributed by atoms with Gasteiger partial charge >= 0.3 is 0 Å². The standard InChI is InChI=1S/C30H48O3/c1-19(17-25(33)26(2,3)18-31)20-11-15-30(8)22-9-10-23-27(4,5)24(32)13-14-28(23,6)21(22)12-16-29(20,30)7/h9,18-21,23,25,33H,10-17H2,1-8H3/t19-,20-,21-,23-,25+,28+,29-,30+/m0/s1. The zero-order valence-electron chi connectivity index (χ0n) is 22.5. The Bertz CT molecular complexity index is 853. The van der Waals surface area contributed by atoms with E-state index in [-0.39, 0.29) is 21.7 Å². The summed E-state index contributed by atoms with van der Waals surface area (Å²) in [6.07, 6.45) is 11.3. The Balaban J connectivity index is 1.63. The molecular formula is C30H48O3. The summed E-state index contributed by atoms with van der Waals surface area (Å²) in [5.41, 5.74) is 1.44. The molecule has 33 heavy (non-hydrogen) atoms. The Morgan fingerprint density at radius 1 is 1.12 bits per heavy atom. The Labute approximate surface area is 202 Å². The summed E-state index contributed by atoms with van der Waals surface area (Å²) >= 11 is 0. The summed E-state index contributed by atoms with van der Waals surface area (Å²) in [5, 5.41) is 10.8. The van der Waals surface area contributed by atoms with Gasteiger partial charge in [0.05, 0.1) is 6.10 Å². The molecule has 0 aliphatic heterocycles. The van der Waals surface area contributed by atoms with E-state index in [1.54, 1.807) is 5.57 Å². The van der Waals surface area contributed by atoms with Gasteiger partial charge in [0.2, 0.25) is 0 Å². The van der Waals surface area contributed by atoms with Crippen molar-refractivity contribution in [3.8, 4) is 0 Å². The van der Waals surface area contributed by atoms with Crippen LogP contribution in [0, 0.1) is 50.7 Å². The second-order valence-electron chi connectivity index (χ2n) is 14.3. The lowest BCUT2D eigenvalue weighted by atomic mass is 9.41. The Morgan fingerprint density at radius 3 is 2.42 bits per heavy atom. The zero-order chi connectivity index (χ0) is 24.6. The van der Waals surface area contributed by atoms with Gasteiger partial charge in [-0.15, -0.1) is 0 Å². The molecule has 0 aromatic rings. The maximum Gasteiger partial charge on any atom is 0.138 e. The molecule has 3 fully saturated rings. The van der Waals surface area contributed by atoms with E-state index in [1.807, 2.05) is 13.8 Å². The first-order valence-corrected chi connectivity index (χ1v) is 13.5. The molecule has 0 amide bonds. The van der Waals surface area contributed by atoms with Crippen molar-refractivity contribution in [2.75, 3.05) is 0 Å². The van der Waals surface area contributed by atoms with E-state index < -0.39 is 11.5 Å². The second-order valence-corrected chi connectivity index (χ2v) is 14.3. The Hall–Kier alpha value is -0.960. The number of hydrogen-bond acceptors (Lipinski definition) is 3. The fraction of sp³-hybridized carbons (Fsp3) is 0.867. The van der Waals surface area contributed by atoms with E-state index in [0.29, 0.717) is 35.9 Å². The van der Waals surface area contributed by atoms with Gasteiger partial charge in [0.15, 0.2) is 0 Å². The van der Waals surface area contributed by atoms with Crippen LogP contribution in [-0.2, 0) is 9.59 Å². The number of aliphatic hydroxyl groups is 1. The van der Waals surface area contributed by atoms with Crippen molar-refractivity contribution < 1.29 is 14.7 Å². The number of carbonyl (C=O) groups excluding carboxylic acids is 2. The van der Waals surface area contributed by atoms with Crippen LogP contribution in [0.15, 0.2) is 11.6 Å². The fourth-order valence-electron chi connectivity index (χ4n) is 9.36. The van der Waals surface area contributed by atoms with Gasteiger partial charge in [-0.05, 0) is 84.9 Å². The molecule has 186 valence electrons. The molecule has 0 aromatic heterocycles. The number of fused-ring (bicyclic) bond motifs is 5. The molecule has 8 atom stereocenters. The lowest BCUT2D eigenvalue weighted by Gasteiger charge is -2.63. The number of ketones is 1. The van der Waals surface area contributed by atoms with E-state index in [2.05, 4.69) is 47.6 Å². The van der Waals surface area contributed by atoms with Crippen LogP contribution < -0.4 is 0 Å². The predicted octanol–water partition coefficient (Wildman–Crippen LogP) is 6.77. The van der Waals surface area contributed by atoms with Gasteiger partial charge < -0.3 is 9.90 Å². The summed E-state index contributed by atoms with van der Waals surface area (Å²) in [6.45, 7) is 18.0. The Kier molecular flexibility index (Phi) is 5.92. The molecular weight excluding hydrogens is 408 g/mol. The van der Waals surface area contributed by atoms with Gasteiger partial charge in [-0.3, -0.25) is 4.79 Å². The molecule has 0 unspecified atom stereocenters. The average Bonchev–Trinajstić information content (AvgIpc) is 3.02. The van der Waals surface area contributed by atoms with Crippen LogP contribution in [0.5, 0.6) is 0 Å². The maximum atomic E-state index is 12.8. The van der Waals surface area contributed by atoms with Crippen molar-refractivity contribution in [1.29, 1.82) is 0 Å². The molecule has 4 rings (SSSR count). The first kappa shape index (κ1) is 25.1. The number of hydrogen-bond donors (Lipinski definition) is 1. The monoisotopic (exact) mass is 456 g/mol. The maximum absolute atomic E-state index is 12.8. The minimum absolute atomic E-state index is 0.194. The lowest BCUT2D eigenvalue weighted by Crippen LogP contribution is -2.57. The summed E-state index contributed by atoms with van der Waals surface area (Å²) in [6, 6.07) is 0. The number of aldehydes is 1. The fourth-order valence-corrected chi connectivity index (χ4v) is 9.36. The molecule has 3 heteroatoms. The number of Topliss-reactive ketones (excluding diaryl/α,β-unsaturated/α-hetero) is 1. The predicted molar refractivity (Wildman–Crippen MR) is 134 cm³/mol. The van der Waals surface area contributed by atoms with Crippen molar-refractivity contribution in [1.82, 2.24) is 0 Å². The van der Waals surface area contributed by atoms with Crippen LogP contribution in [0.2, 0.25) is 0 Å². The number of carbonyl (C=O) groups is 2. The highest BCUT2D eigenvalue weighted by atomic mass is 16.3. The van der Waals surface area contributed by atoms with Gasteiger partial charge in [0.25, 0.3) is 0 Å². The third-order valence-corrected chi connectivity index (χ3v) is 12.1. The van der Waals surface area contributed by atoms with Crippen LogP contribution in [-0.4, -0.2) is 23.3 Å². The summed E-state index contributed by atoms with van der Waals surface area (Å²) in [4.78, 5) is 24.3. The topological polar surface area (TPSA) is 54.4 Å². The molecule has 3 nitrogen and oxygen atoms in total. The van der Waals surface area contributed by atoms with Gasteiger partial charge in [-0.1, -0.05) is 67.0 Å². The molecule has 1 N–H and O–H groups in total. The molecule has 0 saturated heterocycles.